The van der Waals surface area contributed by atoms with E-state index < -0.39 is 11.2 Å². The molecule has 4 aliphatic rings. The Morgan fingerprint density at radius 2 is 1.31 bits per heavy atom. The van der Waals surface area contributed by atoms with Gasteiger partial charge in [0.1, 0.15) is 0 Å². The predicted octanol–water partition coefficient (Wildman–Crippen LogP) is 5.13. The summed E-state index contributed by atoms with van der Waals surface area (Å²) in [5.74, 6) is 1.29. The summed E-state index contributed by atoms with van der Waals surface area (Å²) < 4.78 is 6.55. The number of rotatable bonds is 9. The first-order valence-electron chi connectivity index (χ1n) is 10.8. The van der Waals surface area contributed by atoms with Crippen LogP contribution in [-0.4, -0.2) is 39.2 Å². The molecule has 4 rings (SSSR count). The lowest BCUT2D eigenvalue weighted by atomic mass is 9.36. The van der Waals surface area contributed by atoms with Gasteiger partial charge >= 0.3 is 0 Å². The lowest BCUT2D eigenvalue weighted by molar-refractivity contribution is -0.300. The Morgan fingerprint density at radius 1 is 0.846 bits per heavy atom. The van der Waals surface area contributed by atoms with Crippen molar-refractivity contribution < 1.29 is 14.9 Å². The van der Waals surface area contributed by atoms with E-state index in [4.69, 9.17) is 4.74 Å². The molecular formula is C22H40O3S. The molecule has 2 atom stereocenters. The normalized spacial score (nSPS) is 39.6. The molecule has 0 radical (unpaired) electrons. The second kappa shape index (κ2) is 6.93. The lowest BCUT2D eigenvalue weighted by Gasteiger charge is -2.72. The SMILES string of the molecule is CCC(O)(CC)C12CC3CC(OCSC)(C1)CC(C(O)(CC)CC)(C3)C2. The third-order valence-electron chi connectivity index (χ3n) is 8.81. The Labute approximate surface area is 164 Å². The van der Waals surface area contributed by atoms with Crippen LogP contribution in [0.2, 0.25) is 0 Å². The zero-order valence-electron chi connectivity index (χ0n) is 17.6. The topological polar surface area (TPSA) is 49.7 Å². The Kier molecular flexibility index (Phi) is 5.58. The van der Waals surface area contributed by atoms with Crippen LogP contribution in [0, 0.1) is 16.7 Å². The first kappa shape index (κ1) is 21.0. The van der Waals surface area contributed by atoms with E-state index in [1.807, 2.05) is 0 Å². The first-order valence-corrected chi connectivity index (χ1v) is 12.2. The summed E-state index contributed by atoms with van der Waals surface area (Å²) in [4.78, 5) is 0. The largest absolute Gasteiger partial charge is 0.389 e. The van der Waals surface area contributed by atoms with Crippen LogP contribution in [0.5, 0.6) is 0 Å². The summed E-state index contributed by atoms with van der Waals surface area (Å²) in [5, 5.41) is 23.4. The van der Waals surface area contributed by atoms with Gasteiger partial charge < -0.3 is 14.9 Å². The molecule has 0 aromatic carbocycles. The van der Waals surface area contributed by atoms with E-state index in [0.29, 0.717) is 11.9 Å². The highest BCUT2D eigenvalue weighted by Gasteiger charge is 2.71. The van der Waals surface area contributed by atoms with Crippen molar-refractivity contribution in [3.05, 3.63) is 0 Å². The van der Waals surface area contributed by atoms with Crippen molar-refractivity contribution >= 4 is 11.8 Å². The highest BCUT2D eigenvalue weighted by Crippen LogP contribution is 2.73. The molecule has 3 nitrogen and oxygen atoms in total. The molecule has 26 heavy (non-hydrogen) atoms. The quantitative estimate of drug-likeness (QED) is 0.541. The van der Waals surface area contributed by atoms with Crippen LogP contribution >= 0.6 is 11.8 Å². The van der Waals surface area contributed by atoms with E-state index in [-0.39, 0.29) is 16.4 Å². The van der Waals surface area contributed by atoms with Crippen molar-refractivity contribution in [2.45, 2.75) is 109 Å². The average Bonchev–Trinajstić information content (AvgIpc) is 2.63. The Hall–Kier alpha value is 0.230. The van der Waals surface area contributed by atoms with Gasteiger partial charge in [0.2, 0.25) is 0 Å². The van der Waals surface area contributed by atoms with Gasteiger partial charge in [-0.3, -0.25) is 0 Å². The molecule has 0 aliphatic heterocycles. The minimum atomic E-state index is -0.645. The molecule has 0 amide bonds. The molecule has 0 heterocycles. The van der Waals surface area contributed by atoms with Crippen LogP contribution in [0.3, 0.4) is 0 Å². The first-order chi connectivity index (χ1) is 12.2. The maximum Gasteiger partial charge on any atom is 0.0925 e. The van der Waals surface area contributed by atoms with Crippen LogP contribution in [0.1, 0.15) is 91.9 Å². The van der Waals surface area contributed by atoms with Crippen molar-refractivity contribution in [1.82, 2.24) is 0 Å². The monoisotopic (exact) mass is 384 g/mol. The van der Waals surface area contributed by atoms with Gasteiger partial charge in [-0.25, -0.2) is 0 Å². The molecule has 4 aliphatic carbocycles. The highest BCUT2D eigenvalue weighted by atomic mass is 32.2. The fourth-order valence-corrected chi connectivity index (χ4v) is 8.10. The fraction of sp³-hybridized carbons (Fsp3) is 1.00. The maximum atomic E-state index is 11.7. The third kappa shape index (κ3) is 2.81. The molecule has 0 aromatic rings. The molecule has 0 spiro atoms. The van der Waals surface area contributed by atoms with Crippen LogP contribution in [-0.2, 0) is 4.74 Å². The van der Waals surface area contributed by atoms with E-state index in [9.17, 15) is 10.2 Å². The van der Waals surface area contributed by atoms with Gasteiger partial charge in [0.05, 0.1) is 22.7 Å². The van der Waals surface area contributed by atoms with Crippen LogP contribution in [0.25, 0.3) is 0 Å². The summed E-state index contributed by atoms with van der Waals surface area (Å²) in [6.07, 6.45) is 11.5. The second-order valence-corrected chi connectivity index (χ2v) is 10.6. The van der Waals surface area contributed by atoms with Gasteiger partial charge in [0.15, 0.2) is 0 Å². The molecule has 0 aromatic heterocycles. The molecule has 0 saturated heterocycles. The number of thioether (sulfide) groups is 1. The van der Waals surface area contributed by atoms with E-state index in [2.05, 4.69) is 34.0 Å². The Balaban J connectivity index is 2.10. The van der Waals surface area contributed by atoms with E-state index in [1.54, 1.807) is 11.8 Å². The number of hydrogen-bond acceptors (Lipinski definition) is 4. The summed E-state index contributed by atoms with van der Waals surface area (Å²) in [5.41, 5.74) is -1.65. The summed E-state index contributed by atoms with van der Waals surface area (Å²) in [7, 11) is 0. The summed E-state index contributed by atoms with van der Waals surface area (Å²) in [6, 6.07) is 0. The van der Waals surface area contributed by atoms with Crippen LogP contribution in [0.15, 0.2) is 0 Å². The Bertz CT molecular complexity index is 478. The average molecular weight is 385 g/mol. The van der Waals surface area contributed by atoms with Crippen molar-refractivity contribution in [2.24, 2.45) is 16.7 Å². The molecular weight excluding hydrogens is 344 g/mol. The number of hydrogen-bond donors (Lipinski definition) is 2. The fourth-order valence-electron chi connectivity index (χ4n) is 7.73. The third-order valence-corrected chi connectivity index (χ3v) is 9.17. The molecule has 2 N–H and O–H groups in total. The van der Waals surface area contributed by atoms with E-state index >= 15 is 0 Å². The highest BCUT2D eigenvalue weighted by molar-refractivity contribution is 7.98. The van der Waals surface area contributed by atoms with Gasteiger partial charge in [-0.05, 0) is 76.4 Å². The Morgan fingerprint density at radius 3 is 1.69 bits per heavy atom. The van der Waals surface area contributed by atoms with Crippen molar-refractivity contribution in [1.29, 1.82) is 0 Å². The smallest absolute Gasteiger partial charge is 0.0925 e. The molecule has 4 fully saturated rings. The van der Waals surface area contributed by atoms with Crippen molar-refractivity contribution in [3.63, 3.8) is 0 Å². The van der Waals surface area contributed by atoms with Crippen molar-refractivity contribution in [3.8, 4) is 0 Å². The van der Waals surface area contributed by atoms with Gasteiger partial charge in [-0.1, -0.05) is 27.7 Å². The minimum absolute atomic E-state index is 0.105. The van der Waals surface area contributed by atoms with E-state index in [0.717, 1.165) is 64.2 Å². The molecule has 2 unspecified atom stereocenters. The second-order valence-electron chi connectivity index (χ2n) is 9.78. The zero-order valence-corrected chi connectivity index (χ0v) is 18.4. The molecule has 152 valence electrons. The summed E-state index contributed by atoms with van der Waals surface area (Å²) >= 11 is 1.74. The summed E-state index contributed by atoms with van der Waals surface area (Å²) in [6.45, 7) is 8.54. The van der Waals surface area contributed by atoms with Gasteiger partial charge in [0, 0.05) is 10.8 Å². The van der Waals surface area contributed by atoms with Crippen LogP contribution in [0.4, 0.5) is 0 Å². The van der Waals surface area contributed by atoms with Gasteiger partial charge in [0.25, 0.3) is 0 Å². The minimum Gasteiger partial charge on any atom is -0.389 e. The maximum absolute atomic E-state index is 11.7. The van der Waals surface area contributed by atoms with Gasteiger partial charge in [-0.15, -0.1) is 11.8 Å². The molecule has 4 bridgehead atoms. The van der Waals surface area contributed by atoms with Crippen LogP contribution < -0.4 is 0 Å². The standard InChI is InChI=1S/C22H40O3S/c1-6-21(23,7-2)18-10-17-11-19(13-18,22(24,8-3)9-4)15-20(12-17,14-18)25-16-26-5/h17,23-24H,6-16H2,1-5H3. The van der Waals surface area contributed by atoms with E-state index in [1.165, 1.54) is 0 Å². The van der Waals surface area contributed by atoms with Gasteiger partial charge in [-0.2, -0.15) is 0 Å². The predicted molar refractivity (Wildman–Crippen MR) is 109 cm³/mol. The number of aliphatic hydroxyl groups is 2. The molecule has 4 saturated carbocycles. The number of ether oxygens (including phenoxy) is 1. The zero-order chi connectivity index (χ0) is 19.3. The molecule has 4 heteroatoms. The van der Waals surface area contributed by atoms with Crippen molar-refractivity contribution in [2.75, 3.05) is 12.2 Å². The lowest BCUT2D eigenvalue weighted by Crippen LogP contribution is -2.71.